The van der Waals surface area contributed by atoms with Crippen LogP contribution in [0.5, 0.6) is 0 Å². The van der Waals surface area contributed by atoms with E-state index in [1.807, 2.05) is 12.1 Å². The van der Waals surface area contributed by atoms with Crippen LogP contribution in [-0.4, -0.2) is 19.7 Å². The van der Waals surface area contributed by atoms with Crippen molar-refractivity contribution in [3.63, 3.8) is 0 Å². The molecule has 0 aliphatic carbocycles. The average Bonchev–Trinajstić information content (AvgIpc) is 2.31. The van der Waals surface area contributed by atoms with Gasteiger partial charge in [0.25, 0.3) is 0 Å². The van der Waals surface area contributed by atoms with Crippen molar-refractivity contribution in [1.82, 2.24) is 4.98 Å². The molecule has 0 unspecified atom stereocenters. The fourth-order valence-electron chi connectivity index (χ4n) is 1.38. The molecule has 0 saturated carbocycles. The molecule has 0 amide bonds. The van der Waals surface area contributed by atoms with Gasteiger partial charge < -0.3 is 5.73 Å². The molecule has 2 aromatic rings. The van der Waals surface area contributed by atoms with Gasteiger partial charge in [-0.2, -0.15) is 0 Å². The molecular weight excluding hydrogens is 268 g/mol. The number of benzene rings is 1. The predicted octanol–water partition coefficient (Wildman–Crippen LogP) is 2.22. The van der Waals surface area contributed by atoms with E-state index in [0.29, 0.717) is 10.7 Å². The van der Waals surface area contributed by atoms with Crippen molar-refractivity contribution in [2.24, 2.45) is 0 Å². The Morgan fingerprint density at radius 1 is 1.17 bits per heavy atom. The summed E-state index contributed by atoms with van der Waals surface area (Å²) in [6, 6.07) is 10.4. The molecule has 1 heterocycles. The molecule has 0 bridgehead atoms. The molecule has 0 aliphatic rings. The van der Waals surface area contributed by atoms with Gasteiger partial charge in [-0.25, -0.2) is 13.4 Å². The minimum atomic E-state index is -3.27. The van der Waals surface area contributed by atoms with E-state index in [1.54, 1.807) is 30.5 Å². The van der Waals surface area contributed by atoms with Crippen LogP contribution in [0.1, 0.15) is 0 Å². The number of nitrogens with zero attached hydrogens (tertiary/aromatic N) is 1. The highest BCUT2D eigenvalue weighted by Crippen LogP contribution is 2.31. The van der Waals surface area contributed by atoms with E-state index in [-0.39, 0.29) is 4.90 Å². The zero-order valence-corrected chi connectivity index (χ0v) is 11.3. The lowest BCUT2D eigenvalue weighted by Gasteiger charge is -2.06. The van der Waals surface area contributed by atoms with E-state index < -0.39 is 9.84 Å². The third kappa shape index (κ3) is 3.02. The number of anilines is 1. The SMILES string of the molecule is CS(=O)(=O)c1cccnc1Sc1ccc(N)cc1. The van der Waals surface area contributed by atoms with Crippen molar-refractivity contribution < 1.29 is 8.42 Å². The molecule has 1 aromatic heterocycles. The van der Waals surface area contributed by atoms with Gasteiger partial charge in [0, 0.05) is 23.0 Å². The summed E-state index contributed by atoms with van der Waals surface area (Å²) in [6.07, 6.45) is 2.76. The quantitative estimate of drug-likeness (QED) is 0.873. The van der Waals surface area contributed by atoms with Crippen LogP contribution >= 0.6 is 11.8 Å². The van der Waals surface area contributed by atoms with Gasteiger partial charge >= 0.3 is 0 Å². The van der Waals surface area contributed by atoms with Crippen molar-refractivity contribution in [3.05, 3.63) is 42.6 Å². The number of hydrogen-bond donors (Lipinski definition) is 1. The van der Waals surface area contributed by atoms with Gasteiger partial charge in [0.1, 0.15) is 5.03 Å². The number of nitrogens with two attached hydrogens (primary N) is 1. The Morgan fingerprint density at radius 2 is 1.83 bits per heavy atom. The summed E-state index contributed by atoms with van der Waals surface area (Å²) < 4.78 is 23.2. The monoisotopic (exact) mass is 280 g/mol. The Labute approximate surface area is 110 Å². The standard InChI is InChI=1S/C12H12N2O2S2/c1-18(15,16)11-3-2-8-14-12(11)17-10-6-4-9(13)5-7-10/h2-8H,13H2,1H3. The first-order valence-corrected chi connectivity index (χ1v) is 7.86. The fourth-order valence-corrected chi connectivity index (χ4v) is 3.43. The van der Waals surface area contributed by atoms with Crippen LogP contribution in [0.2, 0.25) is 0 Å². The molecule has 18 heavy (non-hydrogen) atoms. The van der Waals surface area contributed by atoms with Crippen LogP contribution in [0, 0.1) is 0 Å². The molecular formula is C12H12N2O2S2. The van der Waals surface area contributed by atoms with Crippen LogP contribution in [0.15, 0.2) is 57.4 Å². The van der Waals surface area contributed by atoms with Gasteiger partial charge in [-0.1, -0.05) is 11.8 Å². The summed E-state index contributed by atoms with van der Waals surface area (Å²) in [4.78, 5) is 5.25. The van der Waals surface area contributed by atoms with Crippen molar-refractivity contribution >= 4 is 27.3 Å². The number of aromatic nitrogens is 1. The van der Waals surface area contributed by atoms with Gasteiger partial charge in [0.05, 0.1) is 4.90 Å². The second-order valence-electron chi connectivity index (χ2n) is 3.75. The Morgan fingerprint density at radius 3 is 2.44 bits per heavy atom. The highest BCUT2D eigenvalue weighted by Gasteiger charge is 2.14. The summed E-state index contributed by atoms with van der Waals surface area (Å²) >= 11 is 1.30. The van der Waals surface area contributed by atoms with Crippen molar-refractivity contribution in [1.29, 1.82) is 0 Å². The minimum absolute atomic E-state index is 0.242. The maximum absolute atomic E-state index is 11.6. The van der Waals surface area contributed by atoms with E-state index in [9.17, 15) is 8.42 Å². The van der Waals surface area contributed by atoms with E-state index in [0.717, 1.165) is 4.90 Å². The van der Waals surface area contributed by atoms with E-state index in [2.05, 4.69) is 4.98 Å². The van der Waals surface area contributed by atoms with Crippen LogP contribution < -0.4 is 5.73 Å². The molecule has 2 rings (SSSR count). The highest BCUT2D eigenvalue weighted by atomic mass is 32.2. The van der Waals surface area contributed by atoms with Gasteiger partial charge in [0.2, 0.25) is 0 Å². The molecule has 1 aromatic carbocycles. The minimum Gasteiger partial charge on any atom is -0.399 e. The number of hydrogen-bond acceptors (Lipinski definition) is 5. The molecule has 6 heteroatoms. The first-order valence-electron chi connectivity index (χ1n) is 5.15. The molecule has 0 atom stereocenters. The molecule has 0 radical (unpaired) electrons. The third-order valence-electron chi connectivity index (χ3n) is 2.23. The van der Waals surface area contributed by atoms with Crippen LogP contribution in [0.25, 0.3) is 0 Å². The summed E-state index contributed by atoms with van der Waals surface area (Å²) in [5, 5.41) is 0.477. The van der Waals surface area contributed by atoms with Gasteiger partial charge in [-0.05, 0) is 36.4 Å². The maximum Gasteiger partial charge on any atom is 0.178 e. The summed E-state index contributed by atoms with van der Waals surface area (Å²) in [5.41, 5.74) is 6.27. The first kappa shape index (κ1) is 12.9. The third-order valence-corrected chi connectivity index (χ3v) is 4.51. The Balaban J connectivity index is 2.38. The summed E-state index contributed by atoms with van der Waals surface area (Å²) in [6.45, 7) is 0. The highest BCUT2D eigenvalue weighted by molar-refractivity contribution is 8.00. The van der Waals surface area contributed by atoms with E-state index >= 15 is 0 Å². The lowest BCUT2D eigenvalue weighted by molar-refractivity contribution is 0.598. The molecule has 0 fully saturated rings. The fraction of sp³-hybridized carbons (Fsp3) is 0.0833. The van der Waals surface area contributed by atoms with Gasteiger partial charge in [-0.3, -0.25) is 0 Å². The Bertz CT molecular complexity index is 652. The normalized spacial score (nSPS) is 11.4. The van der Waals surface area contributed by atoms with E-state index in [1.165, 1.54) is 18.0 Å². The van der Waals surface area contributed by atoms with Crippen molar-refractivity contribution in [2.45, 2.75) is 14.8 Å². The molecule has 0 saturated heterocycles. The zero-order chi connectivity index (χ0) is 13.2. The number of sulfone groups is 1. The van der Waals surface area contributed by atoms with Crippen LogP contribution in [-0.2, 0) is 9.84 Å². The lowest BCUT2D eigenvalue weighted by Crippen LogP contribution is -2.00. The van der Waals surface area contributed by atoms with Gasteiger partial charge in [0.15, 0.2) is 9.84 Å². The number of pyridine rings is 1. The summed E-state index contributed by atoms with van der Waals surface area (Å²) in [5.74, 6) is 0. The smallest absolute Gasteiger partial charge is 0.178 e. The Hall–Kier alpha value is -1.53. The summed E-state index contributed by atoms with van der Waals surface area (Å²) in [7, 11) is -3.27. The van der Waals surface area contributed by atoms with Gasteiger partial charge in [-0.15, -0.1) is 0 Å². The largest absolute Gasteiger partial charge is 0.399 e. The number of rotatable bonds is 3. The molecule has 2 N–H and O–H groups in total. The maximum atomic E-state index is 11.6. The zero-order valence-electron chi connectivity index (χ0n) is 9.70. The van der Waals surface area contributed by atoms with Crippen LogP contribution in [0.3, 0.4) is 0 Å². The molecule has 0 spiro atoms. The predicted molar refractivity (Wildman–Crippen MR) is 72.3 cm³/mol. The van der Waals surface area contributed by atoms with E-state index in [4.69, 9.17) is 5.73 Å². The van der Waals surface area contributed by atoms with Crippen LogP contribution in [0.4, 0.5) is 5.69 Å². The second-order valence-corrected chi connectivity index (χ2v) is 6.80. The lowest BCUT2D eigenvalue weighted by atomic mass is 10.3. The molecule has 0 aliphatic heterocycles. The average molecular weight is 280 g/mol. The first-order chi connectivity index (χ1) is 8.47. The molecule has 4 nitrogen and oxygen atoms in total. The van der Waals surface area contributed by atoms with Crippen molar-refractivity contribution in [3.8, 4) is 0 Å². The topological polar surface area (TPSA) is 73.0 Å². The Kier molecular flexibility index (Phi) is 3.58. The van der Waals surface area contributed by atoms with Crippen molar-refractivity contribution in [2.75, 3.05) is 12.0 Å². The molecule has 94 valence electrons. The second kappa shape index (κ2) is 4.99. The number of nitrogen functional groups attached to an aromatic ring is 1.